The number of benzene rings is 2. The van der Waals surface area contributed by atoms with Crippen LogP contribution in [0.5, 0.6) is 5.75 Å². The molecule has 0 bridgehead atoms. The van der Waals surface area contributed by atoms with E-state index in [0.29, 0.717) is 22.5 Å². The summed E-state index contributed by atoms with van der Waals surface area (Å²) in [5.41, 5.74) is 2.87. The number of aromatic nitrogens is 2. The zero-order valence-electron chi connectivity index (χ0n) is 16.8. The number of imidazole rings is 1. The van der Waals surface area contributed by atoms with Gasteiger partial charge in [0, 0.05) is 17.5 Å². The number of phenolic OH excluding ortho intramolecular Hbond substituents is 1. The number of methoxy groups -OCH3 is 2. The van der Waals surface area contributed by atoms with Gasteiger partial charge >= 0.3 is 11.9 Å². The highest BCUT2D eigenvalue weighted by Gasteiger charge is 2.27. The number of carbonyl (C=O) groups is 2. The number of rotatable bonds is 4. The van der Waals surface area contributed by atoms with Gasteiger partial charge in [-0.15, -0.1) is 0 Å². The van der Waals surface area contributed by atoms with Crippen LogP contribution in [0.3, 0.4) is 0 Å². The molecule has 4 rings (SSSR count). The van der Waals surface area contributed by atoms with Gasteiger partial charge in [0.1, 0.15) is 17.3 Å². The average molecular weight is 417 g/mol. The predicted molar refractivity (Wildman–Crippen MR) is 115 cm³/mol. The Bertz CT molecular complexity index is 1270. The first-order valence-electron chi connectivity index (χ1n) is 9.36. The molecule has 31 heavy (non-hydrogen) atoms. The van der Waals surface area contributed by atoms with Gasteiger partial charge in [0.05, 0.1) is 30.8 Å². The Hall–Kier alpha value is -4.33. The molecule has 2 heterocycles. The second kappa shape index (κ2) is 8.19. The van der Waals surface area contributed by atoms with E-state index in [1.165, 1.54) is 20.3 Å². The summed E-state index contributed by atoms with van der Waals surface area (Å²) in [6.45, 7) is 0. The van der Waals surface area contributed by atoms with Gasteiger partial charge in [0.25, 0.3) is 0 Å². The standard InChI is InChI=1S/C23H19N3O5/c1-30-22(28)17-8-3-4-11-26(20(17)23(29)31-2)15-9-10-18-19(13-15)25-21(24-18)14-6-5-7-16(27)12-14/h3-13,27H,1-2H3,(H,24,25). The van der Waals surface area contributed by atoms with E-state index < -0.39 is 11.9 Å². The number of ether oxygens (including phenoxy) is 2. The summed E-state index contributed by atoms with van der Waals surface area (Å²) >= 11 is 0. The van der Waals surface area contributed by atoms with Crippen LogP contribution < -0.4 is 4.90 Å². The van der Waals surface area contributed by atoms with Crippen LogP contribution in [0.4, 0.5) is 5.69 Å². The first-order valence-corrected chi connectivity index (χ1v) is 9.36. The number of aromatic hydroxyl groups is 1. The van der Waals surface area contributed by atoms with E-state index in [0.717, 1.165) is 5.56 Å². The number of carbonyl (C=O) groups excluding carboxylic acids is 2. The molecule has 0 atom stereocenters. The van der Waals surface area contributed by atoms with Crippen molar-refractivity contribution in [2.24, 2.45) is 0 Å². The number of nitrogens with zero attached hydrogens (tertiary/aromatic N) is 2. The smallest absolute Gasteiger partial charge is 0.355 e. The van der Waals surface area contributed by atoms with Gasteiger partial charge in [-0.2, -0.15) is 0 Å². The normalized spacial score (nSPS) is 13.4. The molecule has 0 saturated carbocycles. The fourth-order valence-electron chi connectivity index (χ4n) is 3.30. The van der Waals surface area contributed by atoms with E-state index in [1.54, 1.807) is 53.6 Å². The van der Waals surface area contributed by atoms with Crippen LogP contribution in [0, 0.1) is 0 Å². The second-order valence-electron chi connectivity index (χ2n) is 6.65. The summed E-state index contributed by atoms with van der Waals surface area (Å²) in [7, 11) is 2.50. The molecule has 8 heteroatoms. The van der Waals surface area contributed by atoms with Gasteiger partial charge in [-0.05, 0) is 42.5 Å². The van der Waals surface area contributed by atoms with E-state index in [4.69, 9.17) is 9.47 Å². The fraction of sp³-hybridized carbons (Fsp3) is 0.0870. The molecular weight excluding hydrogens is 398 g/mol. The number of allylic oxidation sites excluding steroid dienone is 2. The largest absolute Gasteiger partial charge is 0.508 e. The summed E-state index contributed by atoms with van der Waals surface area (Å²) in [5, 5.41) is 9.74. The predicted octanol–water partition coefficient (Wildman–Crippen LogP) is 3.43. The molecule has 0 fully saturated rings. The summed E-state index contributed by atoms with van der Waals surface area (Å²) in [5.74, 6) is -0.597. The SMILES string of the molecule is COC(=O)C1=C(C(=O)OC)N(c2ccc3nc(-c4cccc(O)c4)[nH]c3c2)C=CC=C1. The minimum atomic E-state index is -0.679. The van der Waals surface area contributed by atoms with Crippen molar-refractivity contribution in [2.45, 2.75) is 0 Å². The minimum Gasteiger partial charge on any atom is -0.508 e. The number of H-pyrrole nitrogens is 1. The lowest BCUT2D eigenvalue weighted by atomic mass is 10.1. The molecule has 0 aliphatic carbocycles. The van der Waals surface area contributed by atoms with Crippen LogP contribution in [-0.2, 0) is 19.1 Å². The Labute approximate surface area is 177 Å². The number of fused-ring (bicyclic) bond motifs is 1. The van der Waals surface area contributed by atoms with Crippen molar-refractivity contribution in [1.29, 1.82) is 0 Å². The molecule has 1 aliphatic rings. The maximum absolute atomic E-state index is 12.6. The van der Waals surface area contributed by atoms with Gasteiger partial charge in [-0.3, -0.25) is 0 Å². The zero-order chi connectivity index (χ0) is 22.0. The lowest BCUT2D eigenvalue weighted by Gasteiger charge is -2.23. The second-order valence-corrected chi connectivity index (χ2v) is 6.65. The van der Waals surface area contributed by atoms with E-state index in [9.17, 15) is 14.7 Å². The van der Waals surface area contributed by atoms with Crippen molar-refractivity contribution in [3.63, 3.8) is 0 Å². The Morgan fingerprint density at radius 3 is 2.58 bits per heavy atom. The number of hydrogen-bond acceptors (Lipinski definition) is 7. The molecule has 0 amide bonds. The lowest BCUT2D eigenvalue weighted by Crippen LogP contribution is -2.26. The lowest BCUT2D eigenvalue weighted by molar-refractivity contribution is -0.139. The first kappa shape index (κ1) is 20.0. The third-order valence-electron chi connectivity index (χ3n) is 4.75. The van der Waals surface area contributed by atoms with Gasteiger partial charge < -0.3 is 24.5 Å². The number of aromatic amines is 1. The van der Waals surface area contributed by atoms with Gasteiger partial charge in [0.15, 0.2) is 0 Å². The molecule has 0 unspecified atom stereocenters. The highest BCUT2D eigenvalue weighted by atomic mass is 16.5. The maximum atomic E-state index is 12.6. The molecule has 1 aromatic heterocycles. The fourth-order valence-corrected chi connectivity index (χ4v) is 3.30. The van der Waals surface area contributed by atoms with E-state index in [-0.39, 0.29) is 17.0 Å². The quantitative estimate of drug-likeness (QED) is 0.627. The third kappa shape index (κ3) is 3.78. The van der Waals surface area contributed by atoms with Crippen LogP contribution in [0.25, 0.3) is 22.4 Å². The minimum absolute atomic E-state index is 0.0337. The van der Waals surface area contributed by atoms with E-state index >= 15 is 0 Å². The Balaban J connectivity index is 1.82. The molecule has 2 N–H and O–H groups in total. The van der Waals surface area contributed by atoms with Crippen molar-refractivity contribution in [3.05, 3.63) is 78.2 Å². The molecule has 1 aliphatic heterocycles. The summed E-state index contributed by atoms with van der Waals surface area (Å²) in [4.78, 5) is 34.2. The van der Waals surface area contributed by atoms with E-state index in [1.807, 2.05) is 12.1 Å². The summed E-state index contributed by atoms with van der Waals surface area (Å²) < 4.78 is 9.76. The molecule has 0 radical (unpaired) electrons. The zero-order valence-corrected chi connectivity index (χ0v) is 16.8. The monoisotopic (exact) mass is 417 g/mol. The topological polar surface area (TPSA) is 105 Å². The highest BCUT2D eigenvalue weighted by Crippen LogP contribution is 2.30. The van der Waals surface area contributed by atoms with Crippen molar-refractivity contribution < 1.29 is 24.2 Å². The Morgan fingerprint density at radius 1 is 1.03 bits per heavy atom. The third-order valence-corrected chi connectivity index (χ3v) is 4.75. The van der Waals surface area contributed by atoms with Crippen molar-refractivity contribution in [2.75, 3.05) is 19.1 Å². The molecule has 8 nitrogen and oxygen atoms in total. The molecule has 156 valence electrons. The highest BCUT2D eigenvalue weighted by molar-refractivity contribution is 6.05. The molecule has 2 aromatic carbocycles. The van der Waals surface area contributed by atoms with Crippen LogP contribution in [0.1, 0.15) is 0 Å². The number of anilines is 1. The van der Waals surface area contributed by atoms with Crippen molar-refractivity contribution in [1.82, 2.24) is 9.97 Å². The number of hydrogen-bond donors (Lipinski definition) is 2. The van der Waals surface area contributed by atoms with Crippen molar-refractivity contribution in [3.8, 4) is 17.1 Å². The Kier molecular flexibility index (Phi) is 5.28. The molecule has 0 saturated heterocycles. The molecule has 0 spiro atoms. The maximum Gasteiger partial charge on any atom is 0.355 e. The van der Waals surface area contributed by atoms with E-state index in [2.05, 4.69) is 9.97 Å². The van der Waals surface area contributed by atoms with Crippen molar-refractivity contribution >= 4 is 28.7 Å². The summed E-state index contributed by atoms with van der Waals surface area (Å²) in [6, 6.07) is 12.2. The first-order chi connectivity index (χ1) is 15.0. The van der Waals surface area contributed by atoms with Crippen LogP contribution >= 0.6 is 0 Å². The van der Waals surface area contributed by atoms with Crippen LogP contribution in [0.15, 0.2) is 78.2 Å². The molecular formula is C23H19N3O5. The summed E-state index contributed by atoms with van der Waals surface area (Å²) in [6.07, 6.45) is 6.51. The average Bonchev–Trinajstić information content (AvgIpc) is 3.09. The number of nitrogens with one attached hydrogen (secondary N) is 1. The Morgan fingerprint density at radius 2 is 1.84 bits per heavy atom. The number of esters is 2. The van der Waals surface area contributed by atoms with Gasteiger partial charge in [0.2, 0.25) is 0 Å². The molecule has 3 aromatic rings. The van der Waals surface area contributed by atoms with Gasteiger partial charge in [-0.25, -0.2) is 14.6 Å². The van der Waals surface area contributed by atoms with Crippen LogP contribution in [-0.4, -0.2) is 41.2 Å². The van der Waals surface area contributed by atoms with Gasteiger partial charge in [-0.1, -0.05) is 18.2 Å². The number of phenols is 1. The van der Waals surface area contributed by atoms with Crippen LogP contribution in [0.2, 0.25) is 0 Å².